The Morgan fingerprint density at radius 1 is 1.42 bits per heavy atom. The molecule has 19 heavy (non-hydrogen) atoms. The molecule has 1 aromatic heterocycles. The summed E-state index contributed by atoms with van der Waals surface area (Å²) >= 11 is 0. The first-order valence-electron chi connectivity index (χ1n) is 7.32. The van der Waals surface area contributed by atoms with Crippen molar-refractivity contribution in [3.05, 3.63) is 22.9 Å². The van der Waals surface area contributed by atoms with E-state index < -0.39 is 0 Å². The average Bonchev–Trinajstić information content (AvgIpc) is 3.05. The van der Waals surface area contributed by atoms with Crippen LogP contribution in [0.1, 0.15) is 29.7 Å². The minimum atomic E-state index is 0.596. The Hall–Kier alpha value is -1.13. The molecule has 3 rings (SSSR count). The molecule has 0 saturated carbocycles. The molecule has 0 bridgehead atoms. The molecule has 2 N–H and O–H groups in total. The molecular formula is C15H24N4. The molecular weight excluding hydrogens is 236 g/mol. The lowest BCUT2D eigenvalue weighted by molar-refractivity contribution is 0.315. The largest absolute Gasteiger partial charge is 0.355 e. The number of aryl methyl sites for hydroxylation is 2. The van der Waals surface area contributed by atoms with Crippen molar-refractivity contribution in [3.63, 3.8) is 0 Å². The number of pyridine rings is 1. The van der Waals surface area contributed by atoms with Gasteiger partial charge in [0.2, 0.25) is 0 Å². The lowest BCUT2D eigenvalue weighted by Crippen LogP contribution is -2.32. The molecule has 1 unspecified atom stereocenters. The molecule has 1 fully saturated rings. The van der Waals surface area contributed by atoms with E-state index in [1.807, 2.05) is 0 Å². The number of nitrogens with two attached hydrogens (primary N) is 1. The van der Waals surface area contributed by atoms with E-state index in [-0.39, 0.29) is 0 Å². The minimum absolute atomic E-state index is 0.596. The van der Waals surface area contributed by atoms with Gasteiger partial charge in [-0.05, 0) is 51.4 Å². The van der Waals surface area contributed by atoms with Gasteiger partial charge in [0, 0.05) is 36.9 Å². The Morgan fingerprint density at radius 2 is 2.26 bits per heavy atom. The molecule has 1 aliphatic carbocycles. The van der Waals surface area contributed by atoms with Crippen LogP contribution in [0.25, 0.3) is 0 Å². The Labute approximate surface area is 115 Å². The standard InChI is InChI=1S/C15H24N4/c1-18(2)13-6-7-19(10-13)15-12(9-16)8-11-4-3-5-14(11)17-15/h8,13H,3-7,9-10,16H2,1-2H3. The summed E-state index contributed by atoms with van der Waals surface area (Å²) in [7, 11) is 4.32. The second-order valence-electron chi connectivity index (χ2n) is 5.99. The van der Waals surface area contributed by atoms with Gasteiger partial charge in [0.05, 0.1) is 0 Å². The van der Waals surface area contributed by atoms with Gasteiger partial charge in [0.1, 0.15) is 5.82 Å². The van der Waals surface area contributed by atoms with Crippen LogP contribution in [0.15, 0.2) is 6.07 Å². The van der Waals surface area contributed by atoms with Crippen LogP contribution in [0.2, 0.25) is 0 Å². The SMILES string of the molecule is CN(C)C1CCN(c2nc3c(cc2CN)CCC3)C1. The number of aromatic nitrogens is 1. The number of rotatable bonds is 3. The predicted molar refractivity (Wildman–Crippen MR) is 78.5 cm³/mol. The molecule has 0 aromatic carbocycles. The molecule has 4 nitrogen and oxygen atoms in total. The zero-order chi connectivity index (χ0) is 13.4. The van der Waals surface area contributed by atoms with Gasteiger partial charge in [-0.25, -0.2) is 4.98 Å². The molecule has 1 saturated heterocycles. The van der Waals surface area contributed by atoms with Gasteiger partial charge >= 0.3 is 0 Å². The molecule has 4 heteroatoms. The van der Waals surface area contributed by atoms with E-state index >= 15 is 0 Å². The van der Waals surface area contributed by atoms with E-state index in [9.17, 15) is 0 Å². The van der Waals surface area contributed by atoms with Crippen molar-refractivity contribution in [2.75, 3.05) is 32.1 Å². The van der Waals surface area contributed by atoms with Crippen LogP contribution < -0.4 is 10.6 Å². The van der Waals surface area contributed by atoms with E-state index in [1.54, 1.807) is 0 Å². The maximum atomic E-state index is 5.93. The Balaban J connectivity index is 1.88. The van der Waals surface area contributed by atoms with Gasteiger partial charge in [-0.2, -0.15) is 0 Å². The molecule has 0 amide bonds. The fourth-order valence-corrected chi connectivity index (χ4v) is 3.29. The number of anilines is 1. The maximum absolute atomic E-state index is 5.93. The van der Waals surface area contributed by atoms with Crippen molar-refractivity contribution in [2.45, 2.75) is 38.3 Å². The van der Waals surface area contributed by atoms with Gasteiger partial charge in [-0.3, -0.25) is 0 Å². The van der Waals surface area contributed by atoms with Crippen LogP contribution in [0.4, 0.5) is 5.82 Å². The van der Waals surface area contributed by atoms with Crippen molar-refractivity contribution in [3.8, 4) is 0 Å². The first-order chi connectivity index (χ1) is 9.19. The molecule has 2 aliphatic rings. The van der Waals surface area contributed by atoms with Gasteiger partial charge in [-0.1, -0.05) is 0 Å². The summed E-state index contributed by atoms with van der Waals surface area (Å²) in [5, 5.41) is 0. The van der Waals surface area contributed by atoms with E-state index in [2.05, 4.69) is 30.0 Å². The summed E-state index contributed by atoms with van der Waals surface area (Å²) in [6.07, 6.45) is 4.78. The van der Waals surface area contributed by atoms with Crippen molar-refractivity contribution >= 4 is 5.82 Å². The Bertz CT molecular complexity index is 469. The molecule has 0 radical (unpaired) electrons. The van der Waals surface area contributed by atoms with Crippen LogP contribution in [0, 0.1) is 0 Å². The number of fused-ring (bicyclic) bond motifs is 1. The van der Waals surface area contributed by atoms with Crippen LogP contribution in [-0.4, -0.2) is 43.1 Å². The number of hydrogen-bond donors (Lipinski definition) is 1. The number of hydrogen-bond acceptors (Lipinski definition) is 4. The zero-order valence-electron chi connectivity index (χ0n) is 12.0. The van der Waals surface area contributed by atoms with Crippen molar-refractivity contribution in [1.82, 2.24) is 9.88 Å². The quantitative estimate of drug-likeness (QED) is 0.886. The average molecular weight is 260 g/mol. The van der Waals surface area contributed by atoms with Crippen molar-refractivity contribution in [1.29, 1.82) is 0 Å². The summed E-state index contributed by atoms with van der Waals surface area (Å²) in [5.74, 6) is 1.15. The zero-order valence-corrected chi connectivity index (χ0v) is 12.0. The van der Waals surface area contributed by atoms with Gasteiger partial charge in [-0.15, -0.1) is 0 Å². The topological polar surface area (TPSA) is 45.4 Å². The van der Waals surface area contributed by atoms with E-state index in [0.717, 1.165) is 25.3 Å². The third kappa shape index (κ3) is 2.35. The Kier molecular flexibility index (Phi) is 3.46. The highest BCUT2D eigenvalue weighted by Crippen LogP contribution is 2.29. The monoisotopic (exact) mass is 260 g/mol. The van der Waals surface area contributed by atoms with Crippen LogP contribution in [-0.2, 0) is 19.4 Å². The highest BCUT2D eigenvalue weighted by atomic mass is 15.3. The van der Waals surface area contributed by atoms with E-state index in [1.165, 1.54) is 36.1 Å². The summed E-state index contributed by atoms with van der Waals surface area (Å²) in [4.78, 5) is 9.66. The Morgan fingerprint density at radius 3 is 2.95 bits per heavy atom. The predicted octanol–water partition coefficient (Wildman–Crippen LogP) is 1.17. The molecule has 2 heterocycles. The fourth-order valence-electron chi connectivity index (χ4n) is 3.29. The lowest BCUT2D eigenvalue weighted by Gasteiger charge is -2.23. The van der Waals surface area contributed by atoms with Crippen LogP contribution in [0.3, 0.4) is 0 Å². The fraction of sp³-hybridized carbons (Fsp3) is 0.667. The highest BCUT2D eigenvalue weighted by Gasteiger charge is 2.27. The van der Waals surface area contributed by atoms with Crippen molar-refractivity contribution < 1.29 is 0 Å². The first-order valence-corrected chi connectivity index (χ1v) is 7.32. The highest BCUT2D eigenvalue weighted by molar-refractivity contribution is 5.52. The van der Waals surface area contributed by atoms with Gasteiger partial charge in [0.25, 0.3) is 0 Å². The van der Waals surface area contributed by atoms with E-state index in [4.69, 9.17) is 10.7 Å². The van der Waals surface area contributed by atoms with E-state index in [0.29, 0.717) is 12.6 Å². The molecule has 1 atom stereocenters. The van der Waals surface area contributed by atoms with Gasteiger partial charge < -0.3 is 15.5 Å². The normalized spacial score (nSPS) is 22.3. The second kappa shape index (κ2) is 5.10. The molecule has 1 aromatic rings. The summed E-state index contributed by atoms with van der Waals surface area (Å²) in [5.41, 5.74) is 9.88. The van der Waals surface area contributed by atoms with Crippen LogP contribution in [0.5, 0.6) is 0 Å². The maximum Gasteiger partial charge on any atom is 0.133 e. The number of likely N-dealkylation sites (N-methyl/N-ethyl adjacent to an activating group) is 1. The lowest BCUT2D eigenvalue weighted by atomic mass is 10.1. The van der Waals surface area contributed by atoms with Crippen molar-refractivity contribution in [2.24, 2.45) is 5.73 Å². The summed E-state index contributed by atoms with van der Waals surface area (Å²) in [6, 6.07) is 2.94. The third-order valence-corrected chi connectivity index (χ3v) is 4.52. The first kappa shape index (κ1) is 12.9. The van der Waals surface area contributed by atoms with Crippen LogP contribution >= 0.6 is 0 Å². The van der Waals surface area contributed by atoms with Gasteiger partial charge in [0.15, 0.2) is 0 Å². The molecule has 104 valence electrons. The smallest absolute Gasteiger partial charge is 0.133 e. The molecule has 0 spiro atoms. The number of nitrogens with zero attached hydrogens (tertiary/aromatic N) is 3. The molecule has 1 aliphatic heterocycles. The minimum Gasteiger partial charge on any atom is -0.355 e. The summed E-state index contributed by atoms with van der Waals surface area (Å²) in [6.45, 7) is 2.77. The third-order valence-electron chi connectivity index (χ3n) is 4.52. The summed E-state index contributed by atoms with van der Waals surface area (Å²) < 4.78 is 0. The second-order valence-corrected chi connectivity index (χ2v) is 5.99.